The van der Waals surface area contributed by atoms with E-state index in [1.54, 1.807) is 18.3 Å². The van der Waals surface area contributed by atoms with Crippen LogP contribution in [-0.4, -0.2) is 51.6 Å². The Morgan fingerprint density at radius 1 is 1.08 bits per heavy atom. The van der Waals surface area contributed by atoms with Crippen LogP contribution >= 0.6 is 46.3 Å². The van der Waals surface area contributed by atoms with Gasteiger partial charge in [-0.1, -0.05) is 41.0 Å². The summed E-state index contributed by atoms with van der Waals surface area (Å²) in [5.41, 5.74) is 3.16. The number of benzene rings is 2. The molecule has 0 aliphatic carbocycles. The smallest absolute Gasteiger partial charge is 0.257 e. The quantitative estimate of drug-likeness (QED) is 0.242. The number of fused-ring (bicyclic) bond motifs is 1. The molecule has 1 saturated heterocycles. The molecule has 4 aromatic rings. The van der Waals surface area contributed by atoms with E-state index in [-0.39, 0.29) is 17.9 Å². The first-order chi connectivity index (χ1) is 18.4. The fourth-order valence-corrected chi connectivity index (χ4v) is 6.51. The fraction of sp³-hybridized carbons (Fsp3) is 0.259. The number of anilines is 1. The molecule has 1 fully saturated rings. The standard InChI is InChI=1S/C27H25Cl2N5O2S2/c28-21-5-3-17(12-22(21)29)15-34-10-7-19(8-11-34)31-25(35)16-37-27-33-23-6-4-20(13-24(23)38-27)32-26(36)18-2-1-9-30-14-18/h1-6,9,12-14,19H,7-8,10-11,15-16H2,(H,31,35)(H,32,36). The number of hydrogen-bond donors (Lipinski definition) is 2. The minimum atomic E-state index is -0.214. The van der Waals surface area contributed by atoms with Crippen molar-refractivity contribution in [2.24, 2.45) is 0 Å². The van der Waals surface area contributed by atoms with E-state index >= 15 is 0 Å². The number of piperidine rings is 1. The number of carbonyl (C=O) groups is 2. The number of amides is 2. The van der Waals surface area contributed by atoms with Crippen LogP contribution in [0.1, 0.15) is 28.8 Å². The molecular weight excluding hydrogens is 561 g/mol. The van der Waals surface area contributed by atoms with Gasteiger partial charge in [0.05, 0.1) is 31.6 Å². The molecule has 2 N–H and O–H groups in total. The van der Waals surface area contributed by atoms with Crippen molar-refractivity contribution in [3.05, 3.63) is 82.1 Å². The summed E-state index contributed by atoms with van der Waals surface area (Å²) in [5.74, 6) is 0.114. The van der Waals surface area contributed by atoms with Gasteiger partial charge in [-0.3, -0.25) is 19.5 Å². The van der Waals surface area contributed by atoms with Crippen molar-refractivity contribution >= 4 is 74.0 Å². The van der Waals surface area contributed by atoms with E-state index in [1.165, 1.54) is 29.3 Å². The van der Waals surface area contributed by atoms with Gasteiger partial charge < -0.3 is 10.6 Å². The van der Waals surface area contributed by atoms with Gasteiger partial charge in [0.25, 0.3) is 5.91 Å². The van der Waals surface area contributed by atoms with Gasteiger partial charge in [-0.2, -0.15) is 0 Å². The Morgan fingerprint density at radius 2 is 1.92 bits per heavy atom. The van der Waals surface area contributed by atoms with Crippen LogP contribution in [-0.2, 0) is 11.3 Å². The number of carbonyl (C=O) groups excluding carboxylic acids is 2. The third-order valence-electron chi connectivity index (χ3n) is 6.22. The normalized spacial score (nSPS) is 14.5. The zero-order valence-corrected chi connectivity index (χ0v) is 23.5. The van der Waals surface area contributed by atoms with Crippen LogP contribution < -0.4 is 10.6 Å². The number of thiazole rings is 1. The second kappa shape index (κ2) is 12.4. The Morgan fingerprint density at radius 3 is 2.68 bits per heavy atom. The number of rotatable bonds is 8. The number of hydrogen-bond acceptors (Lipinski definition) is 7. The number of thioether (sulfide) groups is 1. The number of nitrogens with zero attached hydrogens (tertiary/aromatic N) is 3. The second-order valence-corrected chi connectivity index (χ2v) is 12.1. The minimum absolute atomic E-state index is 0.0154. The molecule has 2 aromatic heterocycles. The van der Waals surface area contributed by atoms with Crippen molar-refractivity contribution in [2.45, 2.75) is 29.8 Å². The molecule has 0 radical (unpaired) electrons. The molecule has 5 rings (SSSR count). The summed E-state index contributed by atoms with van der Waals surface area (Å²) in [6.07, 6.45) is 4.98. The first-order valence-electron chi connectivity index (χ1n) is 12.1. The Labute approximate surface area is 238 Å². The first-order valence-corrected chi connectivity index (χ1v) is 14.7. The van der Waals surface area contributed by atoms with E-state index < -0.39 is 0 Å². The van der Waals surface area contributed by atoms with Crippen LogP contribution in [0.15, 0.2) is 65.3 Å². The maximum Gasteiger partial charge on any atom is 0.257 e. The van der Waals surface area contributed by atoms with Gasteiger partial charge in [0.1, 0.15) is 0 Å². The van der Waals surface area contributed by atoms with E-state index in [1.807, 2.05) is 36.4 Å². The second-order valence-electron chi connectivity index (χ2n) is 9.01. The van der Waals surface area contributed by atoms with E-state index in [0.29, 0.717) is 27.0 Å². The van der Waals surface area contributed by atoms with Crippen molar-refractivity contribution in [3.63, 3.8) is 0 Å². The molecule has 1 aliphatic rings. The van der Waals surface area contributed by atoms with Crippen molar-refractivity contribution in [1.29, 1.82) is 0 Å². The van der Waals surface area contributed by atoms with Crippen molar-refractivity contribution in [1.82, 2.24) is 20.2 Å². The summed E-state index contributed by atoms with van der Waals surface area (Å²) < 4.78 is 1.77. The Bertz CT molecular complexity index is 1440. The van der Waals surface area contributed by atoms with Crippen molar-refractivity contribution in [2.75, 3.05) is 24.2 Å². The van der Waals surface area contributed by atoms with E-state index in [9.17, 15) is 9.59 Å². The fourth-order valence-electron chi connectivity index (χ4n) is 4.27. The third-order valence-corrected chi connectivity index (χ3v) is 9.12. The zero-order valence-electron chi connectivity index (χ0n) is 20.3. The van der Waals surface area contributed by atoms with Gasteiger partial charge in [-0.15, -0.1) is 11.3 Å². The van der Waals surface area contributed by atoms with E-state index in [0.717, 1.165) is 52.6 Å². The Hall–Kier alpha value is -2.69. The van der Waals surface area contributed by atoms with Gasteiger partial charge in [0.2, 0.25) is 5.91 Å². The molecule has 38 heavy (non-hydrogen) atoms. The number of aromatic nitrogens is 2. The first kappa shape index (κ1) is 26.9. The SMILES string of the molecule is O=C(CSc1nc2ccc(NC(=O)c3cccnc3)cc2s1)NC1CCN(Cc2ccc(Cl)c(Cl)c2)CC1. The molecule has 7 nitrogen and oxygen atoms in total. The summed E-state index contributed by atoms with van der Waals surface area (Å²) in [6, 6.07) is 15.0. The molecule has 0 saturated carbocycles. The number of pyridine rings is 1. The molecule has 0 unspecified atom stereocenters. The molecule has 2 aromatic carbocycles. The molecule has 0 bridgehead atoms. The van der Waals surface area contributed by atoms with Crippen LogP contribution in [0.5, 0.6) is 0 Å². The average Bonchev–Trinajstić information content (AvgIpc) is 3.33. The maximum atomic E-state index is 12.6. The van der Waals surface area contributed by atoms with Crippen molar-refractivity contribution < 1.29 is 9.59 Å². The molecule has 1 aliphatic heterocycles. The van der Waals surface area contributed by atoms with Crippen LogP contribution in [0.3, 0.4) is 0 Å². The average molecular weight is 587 g/mol. The predicted octanol–water partition coefficient (Wildman–Crippen LogP) is 6.12. The van der Waals surface area contributed by atoms with Gasteiger partial charge in [0.15, 0.2) is 4.34 Å². The Balaban J connectivity index is 1.08. The predicted molar refractivity (Wildman–Crippen MR) is 155 cm³/mol. The molecular formula is C27H25Cl2N5O2S2. The summed E-state index contributed by atoms with van der Waals surface area (Å²) in [6.45, 7) is 2.64. The van der Waals surface area contributed by atoms with Gasteiger partial charge >= 0.3 is 0 Å². The Kier molecular flexibility index (Phi) is 8.81. The van der Waals surface area contributed by atoms with Crippen LogP contribution in [0.2, 0.25) is 10.0 Å². The van der Waals surface area contributed by atoms with Crippen LogP contribution in [0.25, 0.3) is 10.2 Å². The zero-order chi connectivity index (χ0) is 26.5. The summed E-state index contributed by atoms with van der Waals surface area (Å²) in [4.78, 5) is 36.0. The van der Waals surface area contributed by atoms with Crippen molar-refractivity contribution in [3.8, 4) is 0 Å². The molecule has 3 heterocycles. The highest BCUT2D eigenvalue weighted by Crippen LogP contribution is 2.31. The molecule has 0 spiro atoms. The number of halogens is 2. The molecule has 196 valence electrons. The third kappa shape index (κ3) is 7.03. The molecule has 0 atom stereocenters. The molecule has 2 amide bonds. The highest BCUT2D eigenvalue weighted by molar-refractivity contribution is 8.01. The van der Waals surface area contributed by atoms with Gasteiger partial charge in [-0.25, -0.2) is 4.98 Å². The van der Waals surface area contributed by atoms with Gasteiger partial charge in [0, 0.05) is 43.8 Å². The largest absolute Gasteiger partial charge is 0.353 e. The van der Waals surface area contributed by atoms with E-state index in [4.69, 9.17) is 23.2 Å². The monoisotopic (exact) mass is 585 g/mol. The molecule has 11 heteroatoms. The van der Waals surface area contributed by atoms with Crippen LogP contribution in [0.4, 0.5) is 5.69 Å². The minimum Gasteiger partial charge on any atom is -0.353 e. The lowest BCUT2D eigenvalue weighted by Crippen LogP contribution is -2.44. The summed E-state index contributed by atoms with van der Waals surface area (Å²) >= 11 is 15.1. The highest BCUT2D eigenvalue weighted by Gasteiger charge is 2.21. The highest BCUT2D eigenvalue weighted by atomic mass is 35.5. The topological polar surface area (TPSA) is 87.2 Å². The number of likely N-dealkylation sites (tertiary alicyclic amines) is 1. The van der Waals surface area contributed by atoms with Crippen LogP contribution in [0, 0.1) is 0 Å². The van der Waals surface area contributed by atoms with Gasteiger partial charge in [-0.05, 0) is 60.9 Å². The summed E-state index contributed by atoms with van der Waals surface area (Å²) in [7, 11) is 0. The maximum absolute atomic E-state index is 12.6. The lowest BCUT2D eigenvalue weighted by molar-refractivity contribution is -0.119. The lowest BCUT2D eigenvalue weighted by atomic mass is 10.0. The summed E-state index contributed by atoms with van der Waals surface area (Å²) in [5, 5.41) is 7.20. The van der Waals surface area contributed by atoms with E-state index in [2.05, 4.69) is 25.5 Å². The number of nitrogens with one attached hydrogen (secondary N) is 2. The lowest BCUT2D eigenvalue weighted by Gasteiger charge is -2.32.